The number of carbonyl (C=O) groups excluding carboxylic acids is 2. The predicted octanol–water partition coefficient (Wildman–Crippen LogP) is 6.40. The molecule has 2 aromatic rings. The van der Waals surface area contributed by atoms with Crippen LogP contribution < -0.4 is 5.32 Å². The highest BCUT2D eigenvalue weighted by molar-refractivity contribution is 7.99. The van der Waals surface area contributed by atoms with Gasteiger partial charge in [-0.1, -0.05) is 78.4 Å². The van der Waals surface area contributed by atoms with Gasteiger partial charge in [0.05, 0.1) is 5.75 Å². The fourth-order valence-corrected chi connectivity index (χ4v) is 5.42. The molecule has 2 amide bonds. The van der Waals surface area contributed by atoms with E-state index >= 15 is 0 Å². The molecule has 1 atom stereocenters. The van der Waals surface area contributed by atoms with Crippen LogP contribution in [0.3, 0.4) is 0 Å². The van der Waals surface area contributed by atoms with Gasteiger partial charge >= 0.3 is 0 Å². The molecule has 0 heterocycles. The molecule has 2 aromatic carbocycles. The van der Waals surface area contributed by atoms with Crippen molar-refractivity contribution in [1.82, 2.24) is 10.2 Å². The molecule has 178 valence electrons. The Kier molecular flexibility index (Phi) is 9.96. The number of rotatable bonds is 9. The minimum Gasteiger partial charge on any atom is -0.352 e. The van der Waals surface area contributed by atoms with Crippen LogP contribution in [0.2, 0.25) is 10.0 Å². The van der Waals surface area contributed by atoms with Gasteiger partial charge in [0.2, 0.25) is 11.8 Å². The molecule has 0 aromatic heterocycles. The van der Waals surface area contributed by atoms with Crippen molar-refractivity contribution in [2.45, 2.75) is 70.3 Å². The number of nitrogens with one attached hydrogen (secondary N) is 1. The minimum absolute atomic E-state index is 0.102. The molecular weight excluding hydrogens is 475 g/mol. The van der Waals surface area contributed by atoms with E-state index in [1.165, 1.54) is 17.5 Å². The Bertz CT molecular complexity index is 926. The third kappa shape index (κ3) is 7.66. The van der Waals surface area contributed by atoms with Gasteiger partial charge in [0.25, 0.3) is 0 Å². The van der Waals surface area contributed by atoms with Gasteiger partial charge < -0.3 is 10.2 Å². The quantitative estimate of drug-likeness (QED) is 0.427. The highest BCUT2D eigenvalue weighted by atomic mass is 35.5. The summed E-state index contributed by atoms with van der Waals surface area (Å²) in [6, 6.07) is 13.1. The van der Waals surface area contributed by atoms with Crippen LogP contribution in [0.25, 0.3) is 0 Å². The molecule has 33 heavy (non-hydrogen) atoms. The number of nitrogens with zero attached hydrogens (tertiary/aromatic N) is 1. The number of thioether (sulfide) groups is 1. The molecule has 1 aliphatic rings. The van der Waals surface area contributed by atoms with Crippen LogP contribution >= 0.6 is 35.0 Å². The molecule has 0 unspecified atom stereocenters. The van der Waals surface area contributed by atoms with Gasteiger partial charge in [-0.25, -0.2) is 0 Å². The maximum Gasteiger partial charge on any atom is 0.242 e. The van der Waals surface area contributed by atoms with Crippen LogP contribution in [-0.2, 0) is 21.9 Å². The normalized spacial score (nSPS) is 15.2. The Morgan fingerprint density at radius 3 is 2.33 bits per heavy atom. The lowest BCUT2D eigenvalue weighted by molar-refractivity contribution is -0.139. The summed E-state index contributed by atoms with van der Waals surface area (Å²) >= 11 is 14.3. The Balaban J connectivity index is 1.69. The number of aryl methyl sites for hydroxylation is 1. The zero-order valence-electron chi connectivity index (χ0n) is 19.3. The van der Waals surface area contributed by atoms with Crippen LogP contribution in [0.5, 0.6) is 0 Å². The molecule has 0 aliphatic heterocycles. The molecular formula is C26H32Cl2N2O2S. The van der Waals surface area contributed by atoms with Gasteiger partial charge in [-0.05, 0) is 44.4 Å². The van der Waals surface area contributed by atoms with Crippen LogP contribution in [0, 0.1) is 6.92 Å². The number of carbonyl (C=O) groups is 2. The number of benzene rings is 2. The number of hydrogen-bond acceptors (Lipinski definition) is 3. The molecule has 1 N–H and O–H groups in total. The largest absolute Gasteiger partial charge is 0.352 e. The lowest BCUT2D eigenvalue weighted by Crippen LogP contribution is -2.50. The second-order valence-corrected chi connectivity index (χ2v) is 10.5. The van der Waals surface area contributed by atoms with E-state index in [1.807, 2.05) is 0 Å². The summed E-state index contributed by atoms with van der Waals surface area (Å²) in [6.07, 6.45) is 5.47. The highest BCUT2D eigenvalue weighted by Gasteiger charge is 2.29. The molecule has 0 bridgehead atoms. The average molecular weight is 508 g/mol. The van der Waals surface area contributed by atoms with E-state index in [9.17, 15) is 9.59 Å². The zero-order chi connectivity index (χ0) is 23.8. The van der Waals surface area contributed by atoms with E-state index in [2.05, 4.69) is 36.5 Å². The van der Waals surface area contributed by atoms with Gasteiger partial charge in [-0.3, -0.25) is 9.59 Å². The maximum absolute atomic E-state index is 13.3. The van der Waals surface area contributed by atoms with Gasteiger partial charge in [0.1, 0.15) is 6.04 Å². The molecule has 7 heteroatoms. The summed E-state index contributed by atoms with van der Waals surface area (Å²) in [5.41, 5.74) is 3.04. The van der Waals surface area contributed by atoms with E-state index in [4.69, 9.17) is 23.2 Å². The summed E-state index contributed by atoms with van der Waals surface area (Å²) in [4.78, 5) is 28.0. The zero-order valence-corrected chi connectivity index (χ0v) is 21.6. The molecule has 1 fully saturated rings. The van der Waals surface area contributed by atoms with Crippen molar-refractivity contribution in [3.05, 3.63) is 69.2 Å². The monoisotopic (exact) mass is 506 g/mol. The van der Waals surface area contributed by atoms with E-state index in [0.717, 1.165) is 31.4 Å². The molecule has 0 spiro atoms. The van der Waals surface area contributed by atoms with Crippen molar-refractivity contribution in [3.63, 3.8) is 0 Å². The number of halogens is 2. The fraction of sp³-hybridized carbons (Fsp3) is 0.462. The first-order chi connectivity index (χ1) is 15.8. The molecule has 1 saturated carbocycles. The van der Waals surface area contributed by atoms with Gasteiger partial charge in [-0.15, -0.1) is 11.8 Å². The van der Waals surface area contributed by atoms with Crippen LogP contribution in [-0.4, -0.2) is 34.6 Å². The molecule has 0 radical (unpaired) electrons. The van der Waals surface area contributed by atoms with E-state index in [1.54, 1.807) is 41.8 Å². The van der Waals surface area contributed by atoms with E-state index < -0.39 is 6.04 Å². The topological polar surface area (TPSA) is 49.4 Å². The van der Waals surface area contributed by atoms with Crippen LogP contribution in [0.1, 0.15) is 55.7 Å². The van der Waals surface area contributed by atoms with Crippen molar-refractivity contribution in [2.24, 2.45) is 0 Å². The van der Waals surface area contributed by atoms with Crippen molar-refractivity contribution >= 4 is 46.8 Å². The Morgan fingerprint density at radius 2 is 1.70 bits per heavy atom. The summed E-state index contributed by atoms with van der Waals surface area (Å²) in [6.45, 7) is 4.03. The molecule has 3 rings (SSSR count). The van der Waals surface area contributed by atoms with Gasteiger partial charge in [-0.2, -0.15) is 0 Å². The van der Waals surface area contributed by atoms with Crippen LogP contribution in [0.15, 0.2) is 42.5 Å². The minimum atomic E-state index is -0.619. The lowest BCUT2D eigenvalue weighted by Gasteiger charge is -2.31. The Labute approximate surface area is 211 Å². The Hall–Kier alpha value is -1.69. The molecule has 1 aliphatic carbocycles. The van der Waals surface area contributed by atoms with Gasteiger partial charge in [0.15, 0.2) is 0 Å². The van der Waals surface area contributed by atoms with E-state index in [-0.39, 0.29) is 30.2 Å². The van der Waals surface area contributed by atoms with E-state index in [0.29, 0.717) is 15.6 Å². The maximum atomic E-state index is 13.3. The standard InChI is InChI=1S/C26H32Cl2N2O2S/c1-18-11-13-20(14-12-18)16-33-17-25(31)30(15-22-23(27)9-6-10-24(22)28)19(2)26(32)29-21-7-4-3-5-8-21/h6,9-14,19,21H,3-5,7-8,15-17H2,1-2H3,(H,29,32)/t19-/m1/s1. The summed E-state index contributed by atoms with van der Waals surface area (Å²) in [7, 11) is 0. The smallest absolute Gasteiger partial charge is 0.242 e. The van der Waals surface area contributed by atoms with Crippen molar-refractivity contribution in [3.8, 4) is 0 Å². The second-order valence-electron chi connectivity index (χ2n) is 8.72. The molecule has 0 saturated heterocycles. The predicted molar refractivity (Wildman–Crippen MR) is 139 cm³/mol. The summed E-state index contributed by atoms with van der Waals surface area (Å²) in [5.74, 6) is 0.781. The van der Waals surface area contributed by atoms with Crippen molar-refractivity contribution in [2.75, 3.05) is 5.75 Å². The second kappa shape index (κ2) is 12.7. The first-order valence-electron chi connectivity index (χ1n) is 11.5. The fourth-order valence-electron chi connectivity index (χ4n) is 4.03. The summed E-state index contributed by atoms with van der Waals surface area (Å²) < 4.78 is 0. The van der Waals surface area contributed by atoms with Crippen molar-refractivity contribution in [1.29, 1.82) is 0 Å². The molecule has 4 nitrogen and oxygen atoms in total. The van der Waals surface area contributed by atoms with Crippen molar-refractivity contribution < 1.29 is 9.59 Å². The van der Waals surface area contributed by atoms with Crippen LogP contribution in [0.4, 0.5) is 0 Å². The summed E-state index contributed by atoms with van der Waals surface area (Å²) in [5, 5.41) is 4.14. The number of amides is 2. The highest BCUT2D eigenvalue weighted by Crippen LogP contribution is 2.27. The third-order valence-electron chi connectivity index (χ3n) is 6.12. The van der Waals surface area contributed by atoms with Gasteiger partial charge in [0, 0.05) is 33.9 Å². The lowest BCUT2D eigenvalue weighted by atomic mass is 9.95. The first kappa shape index (κ1) is 25.9. The Morgan fingerprint density at radius 1 is 1.06 bits per heavy atom. The SMILES string of the molecule is Cc1ccc(CSCC(=O)N(Cc2c(Cl)cccc2Cl)[C@H](C)C(=O)NC2CCCCC2)cc1. The average Bonchev–Trinajstić information content (AvgIpc) is 2.80. The first-order valence-corrected chi connectivity index (χ1v) is 13.4. The third-order valence-corrected chi connectivity index (χ3v) is 7.82. The number of hydrogen-bond donors (Lipinski definition) is 1.